The number of rotatable bonds is 6. The Balaban J connectivity index is 1.37. The van der Waals surface area contributed by atoms with Gasteiger partial charge in [-0.15, -0.1) is 0 Å². The lowest BCUT2D eigenvalue weighted by Gasteiger charge is -2.36. The molecule has 27 heavy (non-hydrogen) atoms. The highest BCUT2D eigenvalue weighted by atomic mass is 35.5. The van der Waals surface area contributed by atoms with E-state index in [1.54, 1.807) is 29.2 Å². The van der Waals surface area contributed by atoms with Gasteiger partial charge in [-0.25, -0.2) is 0 Å². The Morgan fingerprint density at radius 1 is 0.963 bits per heavy atom. The Morgan fingerprint density at radius 3 is 2.30 bits per heavy atom. The van der Waals surface area contributed by atoms with Crippen LogP contribution in [0.15, 0.2) is 54.6 Å². The molecule has 142 valence electrons. The number of anilines is 1. The SMILES string of the molecule is O=C(COc1ccc(Cl)cc1)NCC(=O)N1CCN(c2ccccc2)CC1. The van der Waals surface area contributed by atoms with Crippen molar-refractivity contribution >= 4 is 29.1 Å². The Kier molecular flexibility index (Phi) is 6.54. The summed E-state index contributed by atoms with van der Waals surface area (Å²) in [4.78, 5) is 28.2. The van der Waals surface area contributed by atoms with Crippen molar-refractivity contribution in [2.75, 3.05) is 44.2 Å². The van der Waals surface area contributed by atoms with Crippen LogP contribution in [0.1, 0.15) is 0 Å². The highest BCUT2D eigenvalue weighted by molar-refractivity contribution is 6.30. The normalized spacial score (nSPS) is 14.0. The van der Waals surface area contributed by atoms with E-state index in [9.17, 15) is 9.59 Å². The largest absolute Gasteiger partial charge is 0.484 e. The maximum absolute atomic E-state index is 12.3. The molecule has 2 amide bonds. The van der Waals surface area contributed by atoms with Gasteiger partial charge in [0.05, 0.1) is 6.54 Å². The van der Waals surface area contributed by atoms with Crippen LogP contribution in [-0.2, 0) is 9.59 Å². The molecule has 2 aromatic carbocycles. The van der Waals surface area contributed by atoms with Gasteiger partial charge in [-0.2, -0.15) is 0 Å². The average Bonchev–Trinajstić information content (AvgIpc) is 2.72. The fourth-order valence-corrected chi connectivity index (χ4v) is 3.00. The molecule has 1 aliphatic rings. The zero-order chi connectivity index (χ0) is 19.1. The van der Waals surface area contributed by atoms with Crippen LogP contribution in [0, 0.1) is 0 Å². The molecule has 2 aromatic rings. The van der Waals surface area contributed by atoms with Crippen molar-refractivity contribution in [3.8, 4) is 5.75 Å². The van der Waals surface area contributed by atoms with Gasteiger partial charge in [0.2, 0.25) is 5.91 Å². The van der Waals surface area contributed by atoms with E-state index in [4.69, 9.17) is 16.3 Å². The first-order valence-corrected chi connectivity index (χ1v) is 9.22. The minimum atomic E-state index is -0.332. The molecule has 0 bridgehead atoms. The molecule has 0 radical (unpaired) electrons. The van der Waals surface area contributed by atoms with E-state index < -0.39 is 0 Å². The van der Waals surface area contributed by atoms with Crippen LogP contribution in [0.25, 0.3) is 0 Å². The molecule has 0 atom stereocenters. The van der Waals surface area contributed by atoms with Gasteiger partial charge >= 0.3 is 0 Å². The van der Waals surface area contributed by atoms with Crippen molar-refractivity contribution < 1.29 is 14.3 Å². The topological polar surface area (TPSA) is 61.9 Å². The molecule has 1 saturated heterocycles. The summed E-state index contributed by atoms with van der Waals surface area (Å²) in [6, 6.07) is 16.9. The monoisotopic (exact) mass is 387 g/mol. The number of benzene rings is 2. The fourth-order valence-electron chi connectivity index (χ4n) is 2.87. The Hall–Kier alpha value is -2.73. The van der Waals surface area contributed by atoms with Crippen molar-refractivity contribution in [1.82, 2.24) is 10.2 Å². The molecule has 0 aliphatic carbocycles. The maximum Gasteiger partial charge on any atom is 0.258 e. The Morgan fingerprint density at radius 2 is 1.63 bits per heavy atom. The Labute approximate surface area is 163 Å². The van der Waals surface area contributed by atoms with E-state index in [1.807, 2.05) is 18.2 Å². The van der Waals surface area contributed by atoms with Crippen LogP contribution < -0.4 is 15.0 Å². The Bertz CT molecular complexity index is 760. The van der Waals surface area contributed by atoms with Gasteiger partial charge in [0, 0.05) is 36.9 Å². The van der Waals surface area contributed by atoms with Crippen molar-refractivity contribution in [3.05, 3.63) is 59.6 Å². The standard InChI is InChI=1S/C20H22ClN3O3/c21-16-6-8-18(9-7-16)27-15-19(25)22-14-20(26)24-12-10-23(11-13-24)17-4-2-1-3-5-17/h1-9H,10-15H2,(H,22,25). The zero-order valence-corrected chi connectivity index (χ0v) is 15.7. The third-order valence-corrected chi connectivity index (χ3v) is 4.63. The van der Waals surface area contributed by atoms with Crippen LogP contribution in [-0.4, -0.2) is 56.0 Å². The predicted molar refractivity (Wildman–Crippen MR) is 105 cm³/mol. The molecular weight excluding hydrogens is 366 g/mol. The van der Waals surface area contributed by atoms with Crippen molar-refractivity contribution in [3.63, 3.8) is 0 Å². The van der Waals surface area contributed by atoms with Crippen LogP contribution in [0.2, 0.25) is 5.02 Å². The first-order valence-electron chi connectivity index (χ1n) is 8.84. The number of nitrogens with zero attached hydrogens (tertiary/aromatic N) is 2. The number of carbonyl (C=O) groups excluding carboxylic acids is 2. The first kappa shape index (κ1) is 19.0. The molecule has 3 rings (SSSR count). The lowest BCUT2D eigenvalue weighted by atomic mass is 10.2. The first-order chi connectivity index (χ1) is 13.1. The smallest absolute Gasteiger partial charge is 0.258 e. The van der Waals surface area contributed by atoms with E-state index >= 15 is 0 Å². The second kappa shape index (κ2) is 9.28. The summed E-state index contributed by atoms with van der Waals surface area (Å²) in [6.07, 6.45) is 0. The van der Waals surface area contributed by atoms with Gasteiger partial charge in [0.15, 0.2) is 6.61 Å². The number of carbonyl (C=O) groups is 2. The van der Waals surface area contributed by atoms with Crippen LogP contribution >= 0.6 is 11.6 Å². The summed E-state index contributed by atoms with van der Waals surface area (Å²) in [5.74, 6) is 0.140. The van der Waals surface area contributed by atoms with Gasteiger partial charge < -0.3 is 19.9 Å². The summed E-state index contributed by atoms with van der Waals surface area (Å²) >= 11 is 5.80. The van der Waals surface area contributed by atoms with Crippen molar-refractivity contribution in [2.45, 2.75) is 0 Å². The molecular formula is C20H22ClN3O3. The van der Waals surface area contributed by atoms with E-state index in [2.05, 4.69) is 22.3 Å². The minimum Gasteiger partial charge on any atom is -0.484 e. The lowest BCUT2D eigenvalue weighted by Crippen LogP contribution is -2.51. The van der Waals surface area contributed by atoms with Gasteiger partial charge in [-0.3, -0.25) is 9.59 Å². The maximum atomic E-state index is 12.3. The summed E-state index contributed by atoms with van der Waals surface area (Å²) in [5.41, 5.74) is 1.16. The van der Waals surface area contributed by atoms with Crippen LogP contribution in [0.3, 0.4) is 0 Å². The quantitative estimate of drug-likeness (QED) is 0.825. The second-order valence-corrected chi connectivity index (χ2v) is 6.66. The number of amides is 2. The predicted octanol–water partition coefficient (Wildman–Crippen LogP) is 2.18. The minimum absolute atomic E-state index is 0.0197. The molecule has 1 fully saturated rings. The summed E-state index contributed by atoms with van der Waals surface area (Å²) in [7, 11) is 0. The third-order valence-electron chi connectivity index (χ3n) is 4.37. The molecule has 0 unspecified atom stereocenters. The molecule has 0 saturated carbocycles. The van der Waals surface area contributed by atoms with Crippen molar-refractivity contribution in [1.29, 1.82) is 0 Å². The second-order valence-electron chi connectivity index (χ2n) is 6.22. The number of piperazine rings is 1. The van der Waals surface area contributed by atoms with Gasteiger partial charge in [-0.1, -0.05) is 29.8 Å². The molecule has 7 heteroatoms. The van der Waals surface area contributed by atoms with Crippen LogP contribution in [0.5, 0.6) is 5.75 Å². The molecule has 1 aliphatic heterocycles. The number of para-hydroxylation sites is 1. The van der Waals surface area contributed by atoms with Crippen molar-refractivity contribution in [2.24, 2.45) is 0 Å². The molecule has 1 heterocycles. The highest BCUT2D eigenvalue weighted by Gasteiger charge is 2.21. The number of hydrogen-bond acceptors (Lipinski definition) is 4. The summed E-state index contributed by atoms with van der Waals surface area (Å²) in [5, 5.41) is 3.21. The summed E-state index contributed by atoms with van der Waals surface area (Å²) < 4.78 is 5.36. The van der Waals surface area contributed by atoms with E-state index in [0.29, 0.717) is 23.9 Å². The van der Waals surface area contributed by atoms with Gasteiger partial charge in [0.25, 0.3) is 5.91 Å². The molecule has 1 N–H and O–H groups in total. The van der Waals surface area contributed by atoms with E-state index in [0.717, 1.165) is 18.8 Å². The number of halogens is 1. The highest BCUT2D eigenvalue weighted by Crippen LogP contribution is 2.16. The average molecular weight is 388 g/mol. The number of ether oxygens (including phenoxy) is 1. The molecule has 6 nitrogen and oxygen atoms in total. The fraction of sp³-hybridized carbons (Fsp3) is 0.300. The number of hydrogen-bond donors (Lipinski definition) is 1. The van der Waals surface area contributed by atoms with Gasteiger partial charge in [-0.05, 0) is 36.4 Å². The van der Waals surface area contributed by atoms with E-state index in [1.165, 1.54) is 0 Å². The summed E-state index contributed by atoms with van der Waals surface area (Å²) in [6.45, 7) is 2.69. The van der Waals surface area contributed by atoms with E-state index in [-0.39, 0.29) is 25.0 Å². The number of nitrogens with one attached hydrogen (secondary N) is 1. The van der Waals surface area contributed by atoms with Crippen LogP contribution in [0.4, 0.5) is 5.69 Å². The van der Waals surface area contributed by atoms with Gasteiger partial charge in [0.1, 0.15) is 5.75 Å². The lowest BCUT2D eigenvalue weighted by molar-refractivity contribution is -0.133. The molecule has 0 spiro atoms. The third kappa shape index (κ3) is 5.62. The molecule has 0 aromatic heterocycles. The zero-order valence-electron chi connectivity index (χ0n) is 14.9.